The normalized spacial score (nSPS) is 36.0. The van der Waals surface area contributed by atoms with Gasteiger partial charge in [0.2, 0.25) is 0 Å². The largest absolute Gasteiger partial charge is 0.394 e. The van der Waals surface area contributed by atoms with Crippen LogP contribution >= 0.6 is 22.6 Å². The summed E-state index contributed by atoms with van der Waals surface area (Å²) in [5, 5.41) is 28.1. The highest BCUT2D eigenvalue weighted by Gasteiger charge is 2.43. The van der Waals surface area contributed by atoms with Gasteiger partial charge in [-0.25, -0.2) is 4.98 Å². The van der Waals surface area contributed by atoms with Gasteiger partial charge in [0.15, 0.2) is 6.23 Å². The summed E-state index contributed by atoms with van der Waals surface area (Å²) in [5.41, 5.74) is 0. The van der Waals surface area contributed by atoms with Gasteiger partial charge in [-0.3, -0.25) is 0 Å². The summed E-state index contributed by atoms with van der Waals surface area (Å²) in [6.45, 7) is -0.319. The van der Waals surface area contributed by atoms with Crippen LogP contribution in [0, 0.1) is 3.70 Å². The summed E-state index contributed by atoms with van der Waals surface area (Å²) in [5.74, 6) is 0. The van der Waals surface area contributed by atoms with Gasteiger partial charge in [-0.15, -0.1) is 0 Å². The van der Waals surface area contributed by atoms with Crippen molar-refractivity contribution in [3.63, 3.8) is 0 Å². The lowest BCUT2D eigenvalue weighted by atomic mass is 10.1. The van der Waals surface area contributed by atoms with Crippen LogP contribution in [0.5, 0.6) is 0 Å². The van der Waals surface area contributed by atoms with Crippen molar-refractivity contribution in [1.82, 2.24) is 9.55 Å². The van der Waals surface area contributed by atoms with Crippen molar-refractivity contribution in [2.24, 2.45) is 0 Å². The Labute approximate surface area is 99.6 Å². The molecule has 6 nitrogen and oxygen atoms in total. The molecule has 4 atom stereocenters. The van der Waals surface area contributed by atoms with Crippen LogP contribution in [0.4, 0.5) is 0 Å². The molecule has 1 aliphatic rings. The first-order valence-electron chi connectivity index (χ1n) is 4.45. The Morgan fingerprint density at radius 2 is 2.20 bits per heavy atom. The number of imidazole rings is 1. The first-order chi connectivity index (χ1) is 7.13. The highest BCUT2D eigenvalue weighted by Crippen LogP contribution is 2.29. The van der Waals surface area contributed by atoms with Gasteiger partial charge in [0.25, 0.3) is 0 Å². The molecule has 0 spiro atoms. The van der Waals surface area contributed by atoms with Crippen LogP contribution in [0.1, 0.15) is 6.23 Å². The number of hydrogen-bond acceptors (Lipinski definition) is 5. The van der Waals surface area contributed by atoms with Crippen molar-refractivity contribution < 1.29 is 20.1 Å². The van der Waals surface area contributed by atoms with Gasteiger partial charge < -0.3 is 24.6 Å². The maximum Gasteiger partial charge on any atom is 0.164 e. The van der Waals surface area contributed by atoms with Gasteiger partial charge in [0.1, 0.15) is 22.0 Å². The van der Waals surface area contributed by atoms with Gasteiger partial charge in [0, 0.05) is 6.20 Å². The average molecular weight is 326 g/mol. The van der Waals surface area contributed by atoms with E-state index in [0.29, 0.717) is 0 Å². The second-order valence-corrected chi connectivity index (χ2v) is 4.48. The number of aliphatic hydroxyl groups is 3. The third-order valence-corrected chi connectivity index (χ3v) is 2.94. The van der Waals surface area contributed by atoms with Gasteiger partial charge in [0.05, 0.1) is 12.9 Å². The van der Waals surface area contributed by atoms with E-state index in [0.717, 1.165) is 3.70 Å². The first kappa shape index (κ1) is 11.3. The zero-order valence-electron chi connectivity index (χ0n) is 7.69. The summed E-state index contributed by atoms with van der Waals surface area (Å²) < 4.78 is 7.65. The van der Waals surface area contributed by atoms with Crippen molar-refractivity contribution in [2.45, 2.75) is 24.5 Å². The molecule has 2 rings (SSSR count). The van der Waals surface area contributed by atoms with Gasteiger partial charge in [-0.05, 0) is 22.6 Å². The SMILES string of the molecule is OC[C@H]1O[C@@H](n2cnc(I)c2)C(O)C1O. The number of hydrogen-bond donors (Lipinski definition) is 3. The minimum absolute atomic E-state index is 0.319. The lowest BCUT2D eigenvalue weighted by Crippen LogP contribution is -2.33. The van der Waals surface area contributed by atoms with Gasteiger partial charge in [-0.1, -0.05) is 0 Å². The fraction of sp³-hybridized carbons (Fsp3) is 0.625. The first-order valence-corrected chi connectivity index (χ1v) is 5.53. The maximum absolute atomic E-state index is 9.68. The molecule has 7 heteroatoms. The molecule has 3 N–H and O–H groups in total. The lowest BCUT2D eigenvalue weighted by Gasteiger charge is -2.15. The van der Waals surface area contributed by atoms with Gasteiger partial charge in [-0.2, -0.15) is 0 Å². The molecule has 0 aliphatic carbocycles. The fourth-order valence-corrected chi connectivity index (χ4v) is 2.02. The predicted molar refractivity (Wildman–Crippen MR) is 58.0 cm³/mol. The Morgan fingerprint density at radius 3 is 2.67 bits per heavy atom. The van der Waals surface area contributed by atoms with Crippen LogP contribution < -0.4 is 0 Å². The molecule has 0 saturated carbocycles. The van der Waals surface area contributed by atoms with Crippen molar-refractivity contribution in [3.05, 3.63) is 16.2 Å². The molecular weight excluding hydrogens is 315 g/mol. The van der Waals surface area contributed by atoms with Crippen molar-refractivity contribution in [1.29, 1.82) is 0 Å². The van der Waals surface area contributed by atoms with Crippen molar-refractivity contribution in [3.8, 4) is 0 Å². The van der Waals surface area contributed by atoms with Crippen LogP contribution in [0.25, 0.3) is 0 Å². The zero-order valence-corrected chi connectivity index (χ0v) is 9.85. The molecule has 0 aromatic carbocycles. The minimum atomic E-state index is -1.07. The number of rotatable bonds is 2. The molecule has 2 unspecified atom stereocenters. The molecule has 0 amide bonds. The van der Waals surface area contributed by atoms with E-state index in [1.165, 1.54) is 6.33 Å². The number of halogens is 1. The quantitative estimate of drug-likeness (QED) is 0.613. The Morgan fingerprint density at radius 1 is 1.47 bits per heavy atom. The standard InChI is InChI=1S/C8H11IN2O4/c9-5-1-11(3-10-5)8-7(14)6(13)4(2-12)15-8/h1,3-4,6-8,12-14H,2H2/t4-,6?,7?,8-/m1/s1. The molecule has 0 bridgehead atoms. The van der Waals surface area contributed by atoms with E-state index >= 15 is 0 Å². The molecular formula is C8H11IN2O4. The number of nitrogens with zero attached hydrogens (tertiary/aromatic N) is 2. The number of ether oxygens (including phenoxy) is 1. The van der Waals surface area contributed by atoms with Gasteiger partial charge >= 0.3 is 0 Å². The monoisotopic (exact) mass is 326 g/mol. The molecule has 1 aliphatic heterocycles. The smallest absolute Gasteiger partial charge is 0.164 e. The van der Waals surface area contributed by atoms with Crippen LogP contribution in [-0.2, 0) is 4.74 Å². The molecule has 1 aromatic rings. The van der Waals surface area contributed by atoms with Crippen LogP contribution in [0.3, 0.4) is 0 Å². The number of aromatic nitrogens is 2. The maximum atomic E-state index is 9.68. The Kier molecular flexibility index (Phi) is 3.26. The van der Waals surface area contributed by atoms with E-state index in [1.54, 1.807) is 10.8 Å². The van der Waals surface area contributed by atoms with Crippen LogP contribution in [-0.4, -0.2) is 49.8 Å². The van der Waals surface area contributed by atoms with E-state index in [2.05, 4.69) is 4.98 Å². The highest BCUT2D eigenvalue weighted by molar-refractivity contribution is 14.1. The van der Waals surface area contributed by atoms with E-state index in [-0.39, 0.29) is 6.61 Å². The second-order valence-electron chi connectivity index (χ2n) is 3.37. The van der Waals surface area contributed by atoms with Crippen molar-refractivity contribution >= 4 is 22.6 Å². The molecule has 2 heterocycles. The lowest BCUT2D eigenvalue weighted by molar-refractivity contribution is -0.0528. The van der Waals surface area contributed by atoms with E-state index in [9.17, 15) is 10.2 Å². The summed E-state index contributed by atoms with van der Waals surface area (Å²) >= 11 is 2.03. The summed E-state index contributed by atoms with van der Waals surface area (Å²) in [6, 6.07) is 0. The summed E-state index contributed by atoms with van der Waals surface area (Å²) in [7, 11) is 0. The van der Waals surface area contributed by atoms with Crippen molar-refractivity contribution in [2.75, 3.05) is 6.61 Å². The molecule has 1 aromatic heterocycles. The molecule has 0 radical (unpaired) electrons. The third kappa shape index (κ3) is 2.02. The van der Waals surface area contributed by atoms with Crippen LogP contribution in [0.2, 0.25) is 0 Å². The predicted octanol–water partition coefficient (Wildman–Crippen LogP) is -0.901. The molecule has 1 saturated heterocycles. The van der Waals surface area contributed by atoms with E-state index < -0.39 is 24.5 Å². The fourth-order valence-electron chi connectivity index (χ4n) is 1.58. The van der Waals surface area contributed by atoms with E-state index in [4.69, 9.17) is 9.84 Å². The van der Waals surface area contributed by atoms with E-state index in [1.807, 2.05) is 22.6 Å². The Bertz CT molecular complexity index is 345. The summed E-state index contributed by atoms with van der Waals surface area (Å²) in [4.78, 5) is 3.99. The van der Waals surface area contributed by atoms with Crippen LogP contribution in [0.15, 0.2) is 12.5 Å². The number of aliphatic hydroxyl groups excluding tert-OH is 3. The molecule has 84 valence electrons. The average Bonchev–Trinajstić information content (AvgIpc) is 2.74. The molecule has 15 heavy (non-hydrogen) atoms. The summed E-state index contributed by atoms with van der Waals surface area (Å²) in [6.07, 6.45) is -0.339. The second kappa shape index (κ2) is 4.34. The topological polar surface area (TPSA) is 87.7 Å². The minimum Gasteiger partial charge on any atom is -0.394 e. The highest BCUT2D eigenvalue weighted by atomic mass is 127. The zero-order chi connectivity index (χ0) is 11.0. The molecule has 1 fully saturated rings. The Hall–Kier alpha value is -0.220. The Balaban J connectivity index is 2.18. The third-order valence-electron chi connectivity index (χ3n) is 2.38.